The third kappa shape index (κ3) is 6.08. The molecule has 1 nitrogen and oxygen atoms in total. The van der Waals surface area contributed by atoms with Crippen LogP contribution in [-0.4, -0.2) is 0 Å². The van der Waals surface area contributed by atoms with Crippen LogP contribution < -0.4 is 4.90 Å². The molecule has 64 heavy (non-hydrogen) atoms. The van der Waals surface area contributed by atoms with Crippen LogP contribution in [0, 0.1) is 0 Å². The van der Waals surface area contributed by atoms with Crippen LogP contribution in [0.4, 0.5) is 17.1 Å². The van der Waals surface area contributed by atoms with Gasteiger partial charge in [0.15, 0.2) is 0 Å². The van der Waals surface area contributed by atoms with E-state index in [1.54, 1.807) is 0 Å². The summed E-state index contributed by atoms with van der Waals surface area (Å²) in [5.41, 5.74) is 17.8. The van der Waals surface area contributed by atoms with Gasteiger partial charge in [-0.25, -0.2) is 0 Å². The van der Waals surface area contributed by atoms with Crippen molar-refractivity contribution in [3.05, 3.63) is 283 Å². The summed E-state index contributed by atoms with van der Waals surface area (Å²) >= 11 is 0. The van der Waals surface area contributed by atoms with Gasteiger partial charge in [-0.2, -0.15) is 0 Å². The maximum atomic E-state index is 2.42. The largest absolute Gasteiger partial charge is 0.310 e. The van der Waals surface area contributed by atoms with Crippen molar-refractivity contribution < 1.29 is 0 Å². The normalized spacial score (nSPS) is 12.5. The fourth-order valence-corrected chi connectivity index (χ4v) is 10.5. The number of fused-ring (bicyclic) bond motifs is 6. The van der Waals surface area contributed by atoms with E-state index in [9.17, 15) is 0 Å². The van der Waals surface area contributed by atoms with Crippen molar-refractivity contribution in [3.63, 3.8) is 0 Å². The molecule has 0 fully saturated rings. The van der Waals surface area contributed by atoms with Crippen LogP contribution in [0.15, 0.2) is 261 Å². The predicted molar refractivity (Wildman–Crippen MR) is 270 cm³/mol. The fourth-order valence-electron chi connectivity index (χ4n) is 10.5. The molecule has 11 aromatic rings. The lowest BCUT2D eigenvalue weighted by molar-refractivity contribution is 0.768. The minimum atomic E-state index is -0.455. The molecule has 1 aliphatic rings. The SMILES string of the molecule is c1ccc(-c2ccc(N(c3ccc(-c4cccc5c4-c4ccccc4C5(c4ccccc4)c4ccccc4)cc3)c3ccc4ccc5ccccc5c4c3)cc2-c2ccccc2)cc1. The smallest absolute Gasteiger partial charge is 0.0713 e. The second kappa shape index (κ2) is 15.6. The molecule has 1 heteroatoms. The summed E-state index contributed by atoms with van der Waals surface area (Å²) in [5.74, 6) is 0. The molecule has 0 radical (unpaired) electrons. The van der Waals surface area contributed by atoms with Gasteiger partial charge >= 0.3 is 0 Å². The number of anilines is 3. The topological polar surface area (TPSA) is 3.24 Å². The average Bonchev–Trinajstić information content (AvgIpc) is 3.69. The van der Waals surface area contributed by atoms with E-state index >= 15 is 0 Å². The molecule has 0 N–H and O–H groups in total. The van der Waals surface area contributed by atoms with Crippen molar-refractivity contribution in [2.45, 2.75) is 5.41 Å². The Kier molecular flexibility index (Phi) is 9.13. The molecule has 0 amide bonds. The highest BCUT2D eigenvalue weighted by atomic mass is 15.1. The number of rotatable bonds is 8. The van der Waals surface area contributed by atoms with E-state index in [0.717, 1.165) is 17.1 Å². The van der Waals surface area contributed by atoms with Crippen LogP contribution in [0.1, 0.15) is 22.3 Å². The quantitative estimate of drug-likeness (QED) is 0.138. The molecule has 1 aliphatic carbocycles. The minimum absolute atomic E-state index is 0.455. The van der Waals surface area contributed by atoms with Crippen molar-refractivity contribution in [3.8, 4) is 44.5 Å². The standard InChI is InChI=1S/C63H43N/c1-5-18-44(19-6-1)55-41-40-53(43-58(55)45-20-7-2-8-21-45)64(52-39-36-48-33-32-46-22-13-14-27-54(46)59(48)42-52)51-37-34-47(35-38-51)56-29-17-31-61-62(56)57-28-15-16-30-60(57)63(61,49-23-9-3-10-24-49)50-25-11-4-12-26-50/h1-43H. The third-order valence-electron chi connectivity index (χ3n) is 13.3. The Hall–Kier alpha value is -8.26. The van der Waals surface area contributed by atoms with Gasteiger partial charge in [-0.15, -0.1) is 0 Å². The maximum absolute atomic E-state index is 2.42. The lowest BCUT2D eigenvalue weighted by Crippen LogP contribution is -2.28. The zero-order chi connectivity index (χ0) is 42.5. The molecule has 0 saturated carbocycles. The van der Waals surface area contributed by atoms with Gasteiger partial charge in [0.25, 0.3) is 0 Å². The van der Waals surface area contributed by atoms with Gasteiger partial charge in [0, 0.05) is 17.1 Å². The van der Waals surface area contributed by atoms with E-state index in [1.807, 2.05) is 0 Å². The van der Waals surface area contributed by atoms with Crippen LogP contribution in [0.5, 0.6) is 0 Å². The molecule has 0 spiro atoms. The summed E-state index contributed by atoms with van der Waals surface area (Å²) < 4.78 is 0. The monoisotopic (exact) mass is 813 g/mol. The van der Waals surface area contributed by atoms with E-state index in [4.69, 9.17) is 0 Å². The highest BCUT2D eigenvalue weighted by Crippen LogP contribution is 2.58. The summed E-state index contributed by atoms with van der Waals surface area (Å²) in [5, 5.41) is 4.95. The Morgan fingerprint density at radius 2 is 0.750 bits per heavy atom. The van der Waals surface area contributed by atoms with Crippen molar-refractivity contribution in [1.29, 1.82) is 0 Å². The highest BCUT2D eigenvalue weighted by Gasteiger charge is 2.46. The van der Waals surface area contributed by atoms with E-state index in [-0.39, 0.29) is 0 Å². The number of benzene rings is 11. The molecule has 0 saturated heterocycles. The summed E-state index contributed by atoms with van der Waals surface area (Å²) in [7, 11) is 0. The highest BCUT2D eigenvalue weighted by molar-refractivity contribution is 6.09. The first-order valence-electron chi connectivity index (χ1n) is 22.2. The fraction of sp³-hybridized carbons (Fsp3) is 0.0159. The van der Waals surface area contributed by atoms with E-state index < -0.39 is 5.41 Å². The number of hydrogen-bond acceptors (Lipinski definition) is 1. The van der Waals surface area contributed by atoms with Crippen LogP contribution in [0.25, 0.3) is 66.1 Å². The molecular weight excluding hydrogens is 771 g/mol. The number of nitrogens with zero attached hydrogens (tertiary/aromatic N) is 1. The van der Waals surface area contributed by atoms with Gasteiger partial charge in [0.05, 0.1) is 5.41 Å². The summed E-state index contributed by atoms with van der Waals surface area (Å²) in [6, 6.07) is 95.8. The van der Waals surface area contributed by atoms with Crippen LogP contribution >= 0.6 is 0 Å². The molecule has 0 bridgehead atoms. The first-order valence-corrected chi connectivity index (χ1v) is 22.2. The van der Waals surface area contributed by atoms with Gasteiger partial charge < -0.3 is 4.90 Å². The first kappa shape index (κ1) is 37.5. The minimum Gasteiger partial charge on any atom is -0.310 e. The Morgan fingerprint density at radius 1 is 0.266 bits per heavy atom. The van der Waals surface area contributed by atoms with Gasteiger partial charge in [0.2, 0.25) is 0 Å². The van der Waals surface area contributed by atoms with E-state index in [2.05, 4.69) is 266 Å². The lowest BCUT2D eigenvalue weighted by atomic mass is 9.67. The molecule has 0 aliphatic heterocycles. The number of hydrogen-bond donors (Lipinski definition) is 0. The van der Waals surface area contributed by atoms with Crippen molar-refractivity contribution in [2.75, 3.05) is 4.90 Å². The average molecular weight is 814 g/mol. The van der Waals surface area contributed by atoms with Gasteiger partial charge in [-0.3, -0.25) is 0 Å². The Bertz CT molecular complexity index is 3430. The molecule has 12 rings (SSSR count). The second-order valence-electron chi connectivity index (χ2n) is 16.8. The Morgan fingerprint density at radius 3 is 1.45 bits per heavy atom. The van der Waals surface area contributed by atoms with Crippen molar-refractivity contribution in [2.24, 2.45) is 0 Å². The van der Waals surface area contributed by atoms with Crippen LogP contribution in [0.3, 0.4) is 0 Å². The predicted octanol–water partition coefficient (Wildman–Crippen LogP) is 16.8. The lowest BCUT2D eigenvalue weighted by Gasteiger charge is -2.34. The molecule has 300 valence electrons. The zero-order valence-corrected chi connectivity index (χ0v) is 35.3. The van der Waals surface area contributed by atoms with Crippen LogP contribution in [0.2, 0.25) is 0 Å². The van der Waals surface area contributed by atoms with Gasteiger partial charge in [-0.1, -0.05) is 224 Å². The summed E-state index contributed by atoms with van der Waals surface area (Å²) in [4.78, 5) is 2.42. The van der Waals surface area contributed by atoms with Gasteiger partial charge in [0.1, 0.15) is 0 Å². The van der Waals surface area contributed by atoms with Crippen LogP contribution in [-0.2, 0) is 5.41 Å². The second-order valence-corrected chi connectivity index (χ2v) is 16.8. The third-order valence-corrected chi connectivity index (χ3v) is 13.3. The molecular formula is C63H43N. The molecule has 11 aromatic carbocycles. The van der Waals surface area contributed by atoms with Crippen molar-refractivity contribution in [1.82, 2.24) is 0 Å². The van der Waals surface area contributed by atoms with Crippen molar-refractivity contribution >= 4 is 38.6 Å². The van der Waals surface area contributed by atoms with E-state index in [0.29, 0.717) is 0 Å². The molecule has 0 heterocycles. The van der Waals surface area contributed by atoms with E-state index in [1.165, 1.54) is 88.3 Å². The molecule has 0 aromatic heterocycles. The Labute approximate surface area is 374 Å². The first-order chi connectivity index (χ1) is 31.8. The summed E-state index contributed by atoms with van der Waals surface area (Å²) in [6.45, 7) is 0. The zero-order valence-electron chi connectivity index (χ0n) is 35.3. The maximum Gasteiger partial charge on any atom is 0.0713 e. The summed E-state index contributed by atoms with van der Waals surface area (Å²) in [6.07, 6.45) is 0. The molecule has 0 unspecified atom stereocenters. The Balaban J connectivity index is 1.05. The molecule has 0 atom stereocenters. The van der Waals surface area contributed by atoms with Gasteiger partial charge in [-0.05, 0) is 125 Å².